The van der Waals surface area contributed by atoms with E-state index in [4.69, 9.17) is 4.74 Å². The predicted molar refractivity (Wildman–Crippen MR) is 108 cm³/mol. The zero-order valence-electron chi connectivity index (χ0n) is 14.0. The molecule has 0 heterocycles. The standard InChI is InChI=1S/C17H24N4O2.HI/c1-13(22)20-15-8-5-9-16(12-15)23-11-10-19-17(18-2)21-14-6-3-4-7-14;/h3-5,8-9,12,14H,6-7,10-11H2,1-2H3,(H,20,22)(H2,18,19,21);1H. The summed E-state index contributed by atoms with van der Waals surface area (Å²) in [6, 6.07) is 7.77. The number of nitrogens with zero attached hydrogens (tertiary/aromatic N) is 1. The fourth-order valence-electron chi connectivity index (χ4n) is 2.33. The van der Waals surface area contributed by atoms with E-state index in [1.165, 1.54) is 6.92 Å². The van der Waals surface area contributed by atoms with Gasteiger partial charge in [0.05, 0.1) is 6.54 Å². The fourth-order valence-corrected chi connectivity index (χ4v) is 2.33. The van der Waals surface area contributed by atoms with Crippen molar-refractivity contribution in [1.29, 1.82) is 0 Å². The van der Waals surface area contributed by atoms with Crippen LogP contribution >= 0.6 is 24.0 Å². The lowest BCUT2D eigenvalue weighted by Crippen LogP contribution is -2.43. The molecule has 6 nitrogen and oxygen atoms in total. The van der Waals surface area contributed by atoms with E-state index in [1.54, 1.807) is 13.1 Å². The van der Waals surface area contributed by atoms with Gasteiger partial charge in [-0.05, 0) is 25.0 Å². The number of rotatable bonds is 6. The smallest absolute Gasteiger partial charge is 0.221 e. The van der Waals surface area contributed by atoms with Crippen LogP contribution in [-0.2, 0) is 4.79 Å². The number of hydrogen-bond donors (Lipinski definition) is 3. The van der Waals surface area contributed by atoms with Crippen LogP contribution < -0.4 is 20.7 Å². The molecule has 0 radical (unpaired) electrons. The first-order chi connectivity index (χ1) is 11.2. The molecule has 0 unspecified atom stereocenters. The highest BCUT2D eigenvalue weighted by molar-refractivity contribution is 14.0. The molecule has 1 aromatic carbocycles. The Hall–Kier alpha value is -1.77. The lowest BCUT2D eigenvalue weighted by Gasteiger charge is -2.17. The summed E-state index contributed by atoms with van der Waals surface area (Å²) >= 11 is 0. The van der Waals surface area contributed by atoms with Crippen molar-refractivity contribution in [2.75, 3.05) is 25.5 Å². The van der Waals surface area contributed by atoms with E-state index in [9.17, 15) is 4.79 Å². The van der Waals surface area contributed by atoms with Gasteiger partial charge in [-0.2, -0.15) is 0 Å². The van der Waals surface area contributed by atoms with Crippen molar-refractivity contribution in [3.8, 4) is 5.75 Å². The van der Waals surface area contributed by atoms with E-state index in [1.807, 2.05) is 18.2 Å². The summed E-state index contributed by atoms with van der Waals surface area (Å²) in [5.41, 5.74) is 0.731. The highest BCUT2D eigenvalue weighted by Crippen LogP contribution is 2.17. The Bertz CT molecular complexity index is 582. The van der Waals surface area contributed by atoms with E-state index >= 15 is 0 Å². The lowest BCUT2D eigenvalue weighted by molar-refractivity contribution is -0.114. The van der Waals surface area contributed by atoms with Gasteiger partial charge in [-0.25, -0.2) is 0 Å². The minimum Gasteiger partial charge on any atom is -0.492 e. The zero-order chi connectivity index (χ0) is 16.5. The van der Waals surface area contributed by atoms with Crippen molar-refractivity contribution in [1.82, 2.24) is 10.6 Å². The molecule has 1 aromatic rings. The summed E-state index contributed by atoms with van der Waals surface area (Å²) in [7, 11) is 1.76. The highest BCUT2D eigenvalue weighted by Gasteiger charge is 2.11. The second-order valence-corrected chi connectivity index (χ2v) is 5.34. The lowest BCUT2D eigenvalue weighted by atomic mass is 10.2. The van der Waals surface area contributed by atoms with Gasteiger partial charge in [0.2, 0.25) is 5.91 Å². The van der Waals surface area contributed by atoms with Gasteiger partial charge in [0.1, 0.15) is 12.4 Å². The van der Waals surface area contributed by atoms with Crippen molar-refractivity contribution < 1.29 is 9.53 Å². The van der Waals surface area contributed by atoms with Gasteiger partial charge >= 0.3 is 0 Å². The topological polar surface area (TPSA) is 74.8 Å². The SMILES string of the molecule is CN=C(NCCOc1cccc(NC(C)=O)c1)NC1CC=CC1.I. The van der Waals surface area contributed by atoms with Crippen LogP contribution in [0.5, 0.6) is 5.75 Å². The summed E-state index contributed by atoms with van der Waals surface area (Å²) in [6.07, 6.45) is 6.42. The van der Waals surface area contributed by atoms with Crippen LogP contribution in [0.3, 0.4) is 0 Å². The molecule has 2 rings (SSSR count). The third kappa shape index (κ3) is 7.20. The molecule has 1 amide bonds. The van der Waals surface area contributed by atoms with E-state index in [-0.39, 0.29) is 29.9 Å². The van der Waals surface area contributed by atoms with Crippen LogP contribution in [0.2, 0.25) is 0 Å². The normalized spacial score (nSPS) is 14.0. The molecule has 0 atom stereocenters. The van der Waals surface area contributed by atoms with Gasteiger partial charge in [-0.1, -0.05) is 18.2 Å². The van der Waals surface area contributed by atoms with Crippen molar-refractivity contribution in [2.45, 2.75) is 25.8 Å². The van der Waals surface area contributed by atoms with Gasteiger partial charge in [-0.15, -0.1) is 24.0 Å². The maximum absolute atomic E-state index is 11.0. The molecule has 0 aliphatic heterocycles. The average Bonchev–Trinajstić information content (AvgIpc) is 3.03. The average molecular weight is 444 g/mol. The molecule has 132 valence electrons. The number of guanidine groups is 1. The van der Waals surface area contributed by atoms with Crippen LogP contribution in [-0.4, -0.2) is 38.1 Å². The largest absolute Gasteiger partial charge is 0.492 e. The van der Waals surface area contributed by atoms with Crippen LogP contribution in [0.1, 0.15) is 19.8 Å². The molecule has 0 spiro atoms. The Morgan fingerprint density at radius 1 is 1.33 bits per heavy atom. The number of anilines is 1. The van der Waals surface area contributed by atoms with Crippen LogP contribution in [0, 0.1) is 0 Å². The molecule has 0 aromatic heterocycles. The minimum absolute atomic E-state index is 0. The summed E-state index contributed by atoms with van der Waals surface area (Å²) in [6.45, 7) is 2.63. The zero-order valence-corrected chi connectivity index (χ0v) is 16.4. The summed E-state index contributed by atoms with van der Waals surface area (Å²) in [5.74, 6) is 1.41. The molecule has 24 heavy (non-hydrogen) atoms. The number of hydrogen-bond acceptors (Lipinski definition) is 3. The van der Waals surface area contributed by atoms with Crippen LogP contribution in [0.25, 0.3) is 0 Å². The first kappa shape index (κ1) is 20.3. The summed E-state index contributed by atoms with van der Waals surface area (Å²) in [4.78, 5) is 15.3. The maximum Gasteiger partial charge on any atom is 0.221 e. The van der Waals surface area contributed by atoms with Gasteiger partial charge in [0.15, 0.2) is 5.96 Å². The first-order valence-corrected chi connectivity index (χ1v) is 7.80. The number of ether oxygens (including phenoxy) is 1. The Morgan fingerprint density at radius 2 is 2.08 bits per heavy atom. The van der Waals surface area contributed by atoms with Crippen LogP contribution in [0.15, 0.2) is 41.4 Å². The second kappa shape index (κ2) is 10.9. The third-order valence-corrected chi connectivity index (χ3v) is 3.39. The van der Waals surface area contributed by atoms with Crippen molar-refractivity contribution in [3.05, 3.63) is 36.4 Å². The van der Waals surface area contributed by atoms with Gasteiger partial charge in [-0.3, -0.25) is 9.79 Å². The maximum atomic E-state index is 11.0. The molecule has 0 fully saturated rings. The molecule has 1 aliphatic rings. The number of amides is 1. The van der Waals surface area contributed by atoms with E-state index in [0.29, 0.717) is 19.2 Å². The van der Waals surface area contributed by atoms with Gasteiger partial charge in [0.25, 0.3) is 0 Å². The molecule has 3 N–H and O–H groups in total. The quantitative estimate of drug-likeness (QED) is 0.207. The number of benzene rings is 1. The molecule has 7 heteroatoms. The van der Waals surface area contributed by atoms with Gasteiger partial charge in [0, 0.05) is 31.8 Å². The van der Waals surface area contributed by atoms with Crippen molar-refractivity contribution >= 4 is 41.5 Å². The predicted octanol–water partition coefficient (Wildman–Crippen LogP) is 2.53. The summed E-state index contributed by atoms with van der Waals surface area (Å²) in [5, 5.41) is 9.33. The molecule has 0 saturated heterocycles. The molecular formula is C17H25IN4O2. The number of carbonyl (C=O) groups is 1. The van der Waals surface area contributed by atoms with Crippen LogP contribution in [0.4, 0.5) is 5.69 Å². The first-order valence-electron chi connectivity index (χ1n) is 7.80. The Kier molecular flexibility index (Phi) is 9.21. The van der Waals surface area contributed by atoms with E-state index in [2.05, 4.69) is 33.1 Å². The third-order valence-electron chi connectivity index (χ3n) is 3.39. The Balaban J connectivity index is 0.00000288. The van der Waals surface area contributed by atoms with E-state index in [0.717, 1.165) is 30.2 Å². The minimum atomic E-state index is -0.0971. The number of aliphatic imine (C=N–C) groups is 1. The number of carbonyl (C=O) groups excluding carboxylic acids is 1. The number of nitrogens with one attached hydrogen (secondary N) is 3. The van der Waals surface area contributed by atoms with Gasteiger partial charge < -0.3 is 20.7 Å². The highest BCUT2D eigenvalue weighted by atomic mass is 127. The molecular weight excluding hydrogens is 419 g/mol. The fraction of sp³-hybridized carbons (Fsp3) is 0.412. The van der Waals surface area contributed by atoms with E-state index < -0.39 is 0 Å². The Labute approximate surface area is 160 Å². The second-order valence-electron chi connectivity index (χ2n) is 5.34. The molecule has 1 aliphatic carbocycles. The summed E-state index contributed by atoms with van der Waals surface area (Å²) < 4.78 is 5.68. The molecule has 0 saturated carbocycles. The van der Waals surface area contributed by atoms with Crippen molar-refractivity contribution in [3.63, 3.8) is 0 Å². The van der Waals surface area contributed by atoms with Crippen molar-refractivity contribution in [2.24, 2.45) is 4.99 Å². The monoisotopic (exact) mass is 444 g/mol. The molecule has 0 bridgehead atoms. The Morgan fingerprint density at radius 3 is 2.75 bits per heavy atom. The number of halogens is 1.